The number of halogens is 1. The van der Waals surface area contributed by atoms with E-state index in [0.717, 1.165) is 11.1 Å². The summed E-state index contributed by atoms with van der Waals surface area (Å²) < 4.78 is 7.40. The van der Waals surface area contributed by atoms with E-state index < -0.39 is 12.0 Å². The van der Waals surface area contributed by atoms with E-state index in [4.69, 9.17) is 16.3 Å². The second-order valence-electron chi connectivity index (χ2n) is 6.76. The first-order valence-electron chi connectivity index (χ1n) is 9.49. The maximum atomic E-state index is 13.4. The number of carbonyl (C=O) groups is 1. The minimum absolute atomic E-state index is 0.197. The van der Waals surface area contributed by atoms with Crippen LogP contribution in [0.25, 0.3) is 6.08 Å². The summed E-state index contributed by atoms with van der Waals surface area (Å²) in [5.74, 6) is -0.459. The SMILES string of the molecule is CCOC(=O)C1=C(C)N=c2s/c(=C\c3ccc(Cl)cc3)c(=O)n2C1c1ccccc1. The zero-order valence-corrected chi connectivity index (χ0v) is 18.0. The normalized spacial score (nSPS) is 16.2. The Bertz CT molecular complexity index is 1310. The Hall–Kier alpha value is -2.96. The van der Waals surface area contributed by atoms with Crippen molar-refractivity contribution in [1.29, 1.82) is 0 Å². The lowest BCUT2D eigenvalue weighted by Gasteiger charge is -2.24. The molecule has 0 fully saturated rings. The van der Waals surface area contributed by atoms with Gasteiger partial charge in [-0.15, -0.1) is 0 Å². The molecule has 7 heteroatoms. The molecule has 152 valence electrons. The predicted octanol–water partition coefficient (Wildman–Crippen LogP) is 3.45. The number of fused-ring (bicyclic) bond motifs is 1. The number of rotatable bonds is 4. The Morgan fingerprint density at radius 2 is 1.90 bits per heavy atom. The third-order valence-electron chi connectivity index (χ3n) is 4.80. The van der Waals surface area contributed by atoms with E-state index >= 15 is 0 Å². The average Bonchev–Trinajstić information content (AvgIpc) is 3.04. The smallest absolute Gasteiger partial charge is 0.338 e. The lowest BCUT2D eigenvalue weighted by Crippen LogP contribution is -2.39. The van der Waals surface area contributed by atoms with Gasteiger partial charge in [0.05, 0.1) is 28.5 Å². The van der Waals surface area contributed by atoms with Crippen molar-refractivity contribution in [3.8, 4) is 0 Å². The molecule has 30 heavy (non-hydrogen) atoms. The number of hydrogen-bond donors (Lipinski definition) is 0. The minimum atomic E-state index is -0.589. The molecule has 0 N–H and O–H groups in total. The van der Waals surface area contributed by atoms with E-state index in [1.165, 1.54) is 11.3 Å². The van der Waals surface area contributed by atoms with Crippen molar-refractivity contribution in [2.24, 2.45) is 4.99 Å². The topological polar surface area (TPSA) is 60.7 Å². The van der Waals surface area contributed by atoms with Gasteiger partial charge in [-0.2, -0.15) is 0 Å². The highest BCUT2D eigenvalue weighted by Gasteiger charge is 2.33. The first-order valence-corrected chi connectivity index (χ1v) is 10.7. The zero-order valence-electron chi connectivity index (χ0n) is 16.5. The van der Waals surface area contributed by atoms with Gasteiger partial charge in [0.25, 0.3) is 5.56 Å². The summed E-state index contributed by atoms with van der Waals surface area (Å²) in [7, 11) is 0. The zero-order chi connectivity index (χ0) is 21.3. The maximum absolute atomic E-state index is 13.4. The summed E-state index contributed by atoms with van der Waals surface area (Å²) in [6.45, 7) is 3.78. The quantitative estimate of drug-likeness (QED) is 0.586. The second-order valence-corrected chi connectivity index (χ2v) is 8.21. The fraction of sp³-hybridized carbons (Fsp3) is 0.174. The van der Waals surface area contributed by atoms with E-state index in [1.54, 1.807) is 30.5 Å². The first-order chi connectivity index (χ1) is 14.5. The molecule has 1 aromatic heterocycles. The van der Waals surface area contributed by atoms with Crippen LogP contribution in [0.1, 0.15) is 31.0 Å². The van der Waals surface area contributed by atoms with Crippen LogP contribution in [0.15, 0.2) is 75.7 Å². The molecule has 1 atom stereocenters. The lowest BCUT2D eigenvalue weighted by molar-refractivity contribution is -0.139. The lowest BCUT2D eigenvalue weighted by atomic mass is 9.96. The molecule has 1 aliphatic rings. The van der Waals surface area contributed by atoms with Gasteiger partial charge in [0, 0.05) is 5.02 Å². The number of nitrogens with zero attached hydrogens (tertiary/aromatic N) is 2. The van der Waals surface area contributed by atoms with Crippen molar-refractivity contribution >= 4 is 35.0 Å². The number of aromatic nitrogens is 1. The van der Waals surface area contributed by atoms with Crippen molar-refractivity contribution in [1.82, 2.24) is 4.57 Å². The summed E-state index contributed by atoms with van der Waals surface area (Å²) in [5.41, 5.74) is 2.43. The van der Waals surface area contributed by atoms with E-state index in [0.29, 0.717) is 25.6 Å². The number of ether oxygens (including phenoxy) is 1. The Kier molecular flexibility index (Phi) is 5.70. The molecule has 1 unspecified atom stereocenters. The van der Waals surface area contributed by atoms with Gasteiger partial charge in [-0.25, -0.2) is 9.79 Å². The highest BCUT2D eigenvalue weighted by atomic mass is 35.5. The van der Waals surface area contributed by atoms with Crippen LogP contribution in [0.5, 0.6) is 0 Å². The third kappa shape index (κ3) is 3.76. The molecule has 3 aromatic rings. The van der Waals surface area contributed by atoms with E-state index in [9.17, 15) is 9.59 Å². The molecule has 2 heterocycles. The summed E-state index contributed by atoms with van der Waals surface area (Å²) in [5, 5.41) is 0.632. The van der Waals surface area contributed by atoms with Gasteiger partial charge in [-0.05, 0) is 43.2 Å². The molecule has 4 rings (SSSR count). The molecule has 0 aliphatic carbocycles. The van der Waals surface area contributed by atoms with Crippen LogP contribution >= 0.6 is 22.9 Å². The Morgan fingerprint density at radius 1 is 1.20 bits per heavy atom. The fourth-order valence-electron chi connectivity index (χ4n) is 3.45. The molecule has 2 aromatic carbocycles. The Labute approximate surface area is 182 Å². The van der Waals surface area contributed by atoms with Gasteiger partial charge in [0.1, 0.15) is 0 Å². The fourth-order valence-corrected chi connectivity index (χ4v) is 4.63. The number of carbonyl (C=O) groups excluding carboxylic acids is 1. The maximum Gasteiger partial charge on any atom is 0.338 e. The van der Waals surface area contributed by atoms with Crippen LogP contribution < -0.4 is 14.9 Å². The van der Waals surface area contributed by atoms with Gasteiger partial charge in [-0.1, -0.05) is 65.4 Å². The van der Waals surface area contributed by atoms with Crippen molar-refractivity contribution < 1.29 is 9.53 Å². The van der Waals surface area contributed by atoms with Crippen LogP contribution in [0.3, 0.4) is 0 Å². The van der Waals surface area contributed by atoms with Crippen LogP contribution in [-0.2, 0) is 9.53 Å². The summed E-state index contributed by atoms with van der Waals surface area (Å²) in [6, 6.07) is 16.1. The number of hydrogen-bond acceptors (Lipinski definition) is 5. The molecule has 1 aliphatic heterocycles. The Morgan fingerprint density at radius 3 is 2.57 bits per heavy atom. The van der Waals surface area contributed by atoms with E-state index in [-0.39, 0.29) is 12.2 Å². The van der Waals surface area contributed by atoms with Crippen molar-refractivity contribution in [2.75, 3.05) is 6.61 Å². The molecule has 0 bridgehead atoms. The molecule has 0 saturated heterocycles. The van der Waals surface area contributed by atoms with Crippen molar-refractivity contribution in [3.05, 3.63) is 102 Å². The second kappa shape index (κ2) is 8.42. The van der Waals surface area contributed by atoms with E-state index in [1.807, 2.05) is 48.5 Å². The third-order valence-corrected chi connectivity index (χ3v) is 6.04. The minimum Gasteiger partial charge on any atom is -0.463 e. The van der Waals surface area contributed by atoms with Gasteiger partial charge >= 0.3 is 5.97 Å². The number of benzene rings is 2. The van der Waals surface area contributed by atoms with Crippen molar-refractivity contribution in [3.63, 3.8) is 0 Å². The van der Waals surface area contributed by atoms with Crippen LogP contribution in [0.4, 0.5) is 0 Å². The monoisotopic (exact) mass is 438 g/mol. The van der Waals surface area contributed by atoms with Gasteiger partial charge in [0.2, 0.25) is 0 Å². The summed E-state index contributed by atoms with van der Waals surface area (Å²) in [4.78, 5) is 31.3. The molecule has 0 spiro atoms. The summed E-state index contributed by atoms with van der Waals surface area (Å²) >= 11 is 7.26. The van der Waals surface area contributed by atoms with Gasteiger partial charge in [0.15, 0.2) is 4.80 Å². The highest BCUT2D eigenvalue weighted by Crippen LogP contribution is 2.30. The predicted molar refractivity (Wildman–Crippen MR) is 118 cm³/mol. The average molecular weight is 439 g/mol. The van der Waals surface area contributed by atoms with Gasteiger partial charge < -0.3 is 4.74 Å². The van der Waals surface area contributed by atoms with Crippen LogP contribution in [0, 0.1) is 0 Å². The number of allylic oxidation sites excluding steroid dienone is 1. The number of thiazole rings is 1. The standard InChI is InChI=1S/C23H19ClN2O3S/c1-3-29-22(28)19-14(2)25-23-26(20(19)16-7-5-4-6-8-16)21(27)18(30-23)13-15-9-11-17(24)12-10-15/h4-13,20H,3H2,1-2H3/b18-13-. The first kappa shape index (κ1) is 20.3. The molecule has 0 saturated carbocycles. The number of esters is 1. The van der Waals surface area contributed by atoms with Crippen molar-refractivity contribution in [2.45, 2.75) is 19.9 Å². The molecule has 0 amide bonds. The van der Waals surface area contributed by atoms with Crippen LogP contribution in [-0.4, -0.2) is 17.1 Å². The largest absolute Gasteiger partial charge is 0.463 e. The van der Waals surface area contributed by atoms with E-state index in [2.05, 4.69) is 4.99 Å². The summed E-state index contributed by atoms with van der Waals surface area (Å²) in [6.07, 6.45) is 1.81. The highest BCUT2D eigenvalue weighted by molar-refractivity contribution is 7.07. The van der Waals surface area contributed by atoms with Crippen LogP contribution in [0.2, 0.25) is 5.02 Å². The molecular weight excluding hydrogens is 420 g/mol. The Balaban J connectivity index is 1.94. The van der Waals surface area contributed by atoms with Gasteiger partial charge in [-0.3, -0.25) is 9.36 Å². The molecular formula is C23H19ClN2O3S. The molecule has 5 nitrogen and oxygen atoms in total. The molecule has 0 radical (unpaired) electrons.